The maximum atomic E-state index is 13.0. The summed E-state index contributed by atoms with van der Waals surface area (Å²) in [5.74, 6) is -1.90. The highest BCUT2D eigenvalue weighted by atomic mass is 32.1. The van der Waals surface area contributed by atoms with Gasteiger partial charge >= 0.3 is 0 Å². The third-order valence-electron chi connectivity index (χ3n) is 4.33. The topological polar surface area (TPSA) is 91.4 Å². The molecule has 1 saturated heterocycles. The first-order valence-electron chi connectivity index (χ1n) is 8.41. The second-order valence-electron chi connectivity index (χ2n) is 6.31. The van der Waals surface area contributed by atoms with Gasteiger partial charge in [0.2, 0.25) is 17.7 Å². The van der Waals surface area contributed by atoms with Crippen LogP contribution in [0.3, 0.4) is 0 Å². The van der Waals surface area contributed by atoms with Crippen LogP contribution in [0.25, 0.3) is 0 Å². The number of carbonyl (C=O) groups is 3. The van der Waals surface area contributed by atoms with Gasteiger partial charge in [0.25, 0.3) is 0 Å². The van der Waals surface area contributed by atoms with Crippen LogP contribution in [0.4, 0.5) is 15.2 Å². The van der Waals surface area contributed by atoms with Crippen molar-refractivity contribution in [3.63, 3.8) is 0 Å². The number of benzene rings is 1. The van der Waals surface area contributed by atoms with Crippen molar-refractivity contribution in [3.8, 4) is 0 Å². The zero-order valence-electron chi connectivity index (χ0n) is 14.9. The summed E-state index contributed by atoms with van der Waals surface area (Å²) in [6.45, 7) is 3.77. The van der Waals surface area contributed by atoms with E-state index in [4.69, 9.17) is 0 Å². The minimum atomic E-state index is -0.556. The average Bonchev–Trinajstić information content (AvgIpc) is 3.16. The zero-order valence-corrected chi connectivity index (χ0v) is 15.7. The molecule has 1 unspecified atom stereocenters. The quantitative estimate of drug-likeness (QED) is 0.817. The Labute approximate surface area is 159 Å². The van der Waals surface area contributed by atoms with Crippen molar-refractivity contribution in [2.45, 2.75) is 20.3 Å². The second kappa shape index (κ2) is 7.83. The van der Waals surface area contributed by atoms with Crippen molar-refractivity contribution in [1.29, 1.82) is 0 Å². The number of hydrogen-bond donors (Lipinski definition) is 2. The molecule has 3 rings (SSSR count). The molecule has 7 nitrogen and oxygen atoms in total. The Morgan fingerprint density at radius 2 is 2.00 bits per heavy atom. The van der Waals surface area contributed by atoms with E-state index in [1.165, 1.54) is 40.5 Å². The molecular weight excluding hydrogens is 371 g/mol. The molecule has 1 aromatic carbocycles. The molecule has 0 bridgehead atoms. The van der Waals surface area contributed by atoms with Crippen LogP contribution < -0.4 is 15.5 Å². The van der Waals surface area contributed by atoms with E-state index in [9.17, 15) is 18.8 Å². The van der Waals surface area contributed by atoms with Crippen molar-refractivity contribution in [1.82, 2.24) is 10.3 Å². The van der Waals surface area contributed by atoms with Crippen molar-refractivity contribution in [2.75, 3.05) is 23.3 Å². The first-order valence-corrected chi connectivity index (χ1v) is 9.22. The molecule has 0 aliphatic carbocycles. The highest BCUT2D eigenvalue weighted by molar-refractivity contribution is 7.15. The number of amides is 3. The number of aromatic nitrogens is 1. The van der Waals surface area contributed by atoms with E-state index in [1.807, 2.05) is 13.8 Å². The van der Waals surface area contributed by atoms with Gasteiger partial charge in [-0.3, -0.25) is 14.4 Å². The summed E-state index contributed by atoms with van der Waals surface area (Å²) in [6, 6.07) is 5.53. The first-order chi connectivity index (χ1) is 12.8. The summed E-state index contributed by atoms with van der Waals surface area (Å²) >= 11 is 1.37. The summed E-state index contributed by atoms with van der Waals surface area (Å²) < 4.78 is 13.0. The third kappa shape index (κ3) is 4.48. The predicted octanol–water partition coefficient (Wildman–Crippen LogP) is 2.01. The Bertz CT molecular complexity index is 862. The molecule has 27 heavy (non-hydrogen) atoms. The molecule has 9 heteroatoms. The van der Waals surface area contributed by atoms with Gasteiger partial charge in [-0.15, -0.1) is 11.3 Å². The summed E-state index contributed by atoms with van der Waals surface area (Å²) in [6.07, 6.45) is 0.0513. The normalized spacial score (nSPS) is 16.5. The maximum absolute atomic E-state index is 13.0. The lowest BCUT2D eigenvalue weighted by Crippen LogP contribution is -2.37. The number of carbonyl (C=O) groups excluding carboxylic acids is 3. The van der Waals surface area contributed by atoms with Crippen molar-refractivity contribution >= 4 is 39.9 Å². The van der Waals surface area contributed by atoms with Gasteiger partial charge in [-0.1, -0.05) is 0 Å². The fourth-order valence-electron chi connectivity index (χ4n) is 2.76. The van der Waals surface area contributed by atoms with Crippen LogP contribution in [0, 0.1) is 25.6 Å². The molecule has 2 N–H and O–H groups in total. The van der Waals surface area contributed by atoms with Gasteiger partial charge in [0.05, 0.1) is 18.2 Å². The molecule has 1 atom stereocenters. The summed E-state index contributed by atoms with van der Waals surface area (Å²) in [7, 11) is 0. The predicted molar refractivity (Wildman–Crippen MR) is 100 cm³/mol. The van der Waals surface area contributed by atoms with E-state index in [0.717, 1.165) is 10.6 Å². The van der Waals surface area contributed by atoms with Crippen molar-refractivity contribution in [3.05, 3.63) is 40.7 Å². The van der Waals surface area contributed by atoms with Crippen LogP contribution in [-0.4, -0.2) is 35.8 Å². The summed E-state index contributed by atoms with van der Waals surface area (Å²) in [4.78, 5) is 43.1. The van der Waals surface area contributed by atoms with Gasteiger partial charge < -0.3 is 15.5 Å². The van der Waals surface area contributed by atoms with Gasteiger partial charge in [0.15, 0.2) is 5.13 Å². The van der Waals surface area contributed by atoms with E-state index < -0.39 is 11.7 Å². The third-order valence-corrected chi connectivity index (χ3v) is 5.32. The number of thiazole rings is 1. The fourth-order valence-corrected chi connectivity index (χ4v) is 3.59. The number of rotatable bonds is 5. The molecule has 1 aliphatic rings. The Morgan fingerprint density at radius 1 is 1.30 bits per heavy atom. The number of halogens is 1. The van der Waals surface area contributed by atoms with Gasteiger partial charge in [-0.25, -0.2) is 9.37 Å². The van der Waals surface area contributed by atoms with Gasteiger partial charge in [-0.2, -0.15) is 0 Å². The summed E-state index contributed by atoms with van der Waals surface area (Å²) in [5, 5.41) is 5.68. The number of hydrogen-bond acceptors (Lipinski definition) is 5. The Kier molecular flexibility index (Phi) is 5.50. The van der Waals surface area contributed by atoms with E-state index in [1.54, 1.807) is 0 Å². The second-order valence-corrected chi connectivity index (χ2v) is 7.51. The molecule has 2 heterocycles. The van der Waals surface area contributed by atoms with Crippen LogP contribution in [0.15, 0.2) is 24.3 Å². The fraction of sp³-hybridized carbons (Fsp3) is 0.333. The van der Waals surface area contributed by atoms with Gasteiger partial charge in [0.1, 0.15) is 5.82 Å². The molecule has 1 aliphatic heterocycles. The molecule has 1 aromatic heterocycles. The number of nitrogens with zero attached hydrogens (tertiary/aromatic N) is 2. The number of nitrogens with one attached hydrogen (secondary N) is 2. The van der Waals surface area contributed by atoms with E-state index >= 15 is 0 Å². The minimum absolute atomic E-state index is 0.0513. The standard InChI is InChI=1S/C18H19FN4O3S/c1-10-11(2)27-18(21-10)22-15(24)8-20-17(26)12-7-16(25)23(9-12)14-5-3-13(19)4-6-14/h3-6,12H,7-9H2,1-2H3,(H,20,26)(H,21,22,24). The lowest BCUT2D eigenvalue weighted by molar-refractivity contribution is -0.127. The summed E-state index contributed by atoms with van der Waals surface area (Å²) in [5.41, 5.74) is 1.40. The Morgan fingerprint density at radius 3 is 2.63 bits per heavy atom. The molecule has 3 amide bonds. The molecule has 1 fully saturated rings. The van der Waals surface area contributed by atoms with Crippen LogP contribution in [-0.2, 0) is 14.4 Å². The Hall–Kier alpha value is -2.81. The molecule has 0 saturated carbocycles. The lowest BCUT2D eigenvalue weighted by atomic mass is 10.1. The zero-order chi connectivity index (χ0) is 19.6. The van der Waals surface area contributed by atoms with Crippen molar-refractivity contribution < 1.29 is 18.8 Å². The average molecular weight is 390 g/mol. The minimum Gasteiger partial charge on any atom is -0.347 e. The van der Waals surface area contributed by atoms with Gasteiger partial charge in [0, 0.05) is 23.5 Å². The number of aryl methyl sites for hydroxylation is 2. The van der Waals surface area contributed by atoms with Crippen LogP contribution in [0.5, 0.6) is 0 Å². The highest BCUT2D eigenvalue weighted by Crippen LogP contribution is 2.25. The molecule has 0 radical (unpaired) electrons. The van der Waals surface area contributed by atoms with Crippen LogP contribution >= 0.6 is 11.3 Å². The number of anilines is 2. The van der Waals surface area contributed by atoms with E-state index in [0.29, 0.717) is 10.8 Å². The Balaban J connectivity index is 1.51. The molecular formula is C18H19FN4O3S. The van der Waals surface area contributed by atoms with Gasteiger partial charge in [-0.05, 0) is 38.1 Å². The smallest absolute Gasteiger partial charge is 0.245 e. The SMILES string of the molecule is Cc1nc(NC(=O)CNC(=O)C2CC(=O)N(c3ccc(F)cc3)C2)sc1C. The van der Waals surface area contributed by atoms with Crippen LogP contribution in [0.1, 0.15) is 17.0 Å². The highest BCUT2D eigenvalue weighted by Gasteiger charge is 2.35. The monoisotopic (exact) mass is 390 g/mol. The van der Waals surface area contributed by atoms with E-state index in [2.05, 4.69) is 15.6 Å². The molecule has 2 aromatic rings. The largest absolute Gasteiger partial charge is 0.347 e. The maximum Gasteiger partial charge on any atom is 0.245 e. The van der Waals surface area contributed by atoms with E-state index in [-0.39, 0.29) is 37.2 Å². The molecule has 142 valence electrons. The van der Waals surface area contributed by atoms with Crippen molar-refractivity contribution in [2.24, 2.45) is 5.92 Å². The van der Waals surface area contributed by atoms with Crippen LogP contribution in [0.2, 0.25) is 0 Å². The lowest BCUT2D eigenvalue weighted by Gasteiger charge is -2.16. The first kappa shape index (κ1) is 19.0. The molecule has 0 spiro atoms.